The minimum Gasteiger partial charge on any atom is -0.478 e. The van der Waals surface area contributed by atoms with Gasteiger partial charge >= 0.3 is 16.3 Å². The number of aliphatic carboxylic acids is 1. The van der Waals surface area contributed by atoms with Gasteiger partial charge in [-0.15, -0.1) is 11.3 Å². The number of rotatable bonds is 9. The number of hydrogen-bond acceptors (Lipinski definition) is 11. The third-order valence-electron chi connectivity index (χ3n) is 5.39. The number of nitrogens with one attached hydrogen (secondary N) is 1. The van der Waals surface area contributed by atoms with Crippen LogP contribution in [0.15, 0.2) is 10.5 Å². The molecule has 0 aromatic carbocycles. The molecule has 5 N–H and O–H groups in total. The van der Waals surface area contributed by atoms with Crippen molar-refractivity contribution in [3.8, 4) is 0 Å². The van der Waals surface area contributed by atoms with E-state index in [1.807, 2.05) is 0 Å². The van der Waals surface area contributed by atoms with Gasteiger partial charge in [0, 0.05) is 24.9 Å². The van der Waals surface area contributed by atoms with Crippen LogP contribution in [-0.4, -0.2) is 92.4 Å². The van der Waals surface area contributed by atoms with Gasteiger partial charge in [0.15, 0.2) is 10.8 Å². The zero-order valence-electron chi connectivity index (χ0n) is 18.7. The first-order valence-corrected chi connectivity index (χ1v) is 12.6. The van der Waals surface area contributed by atoms with Gasteiger partial charge in [-0.3, -0.25) is 18.9 Å². The Bertz CT molecular complexity index is 1180. The van der Waals surface area contributed by atoms with Gasteiger partial charge in [-0.2, -0.15) is 8.42 Å². The van der Waals surface area contributed by atoms with Crippen molar-refractivity contribution in [2.45, 2.75) is 50.8 Å². The summed E-state index contributed by atoms with van der Waals surface area (Å²) in [6, 6.07) is -2.71. The number of β-lactam (4-membered cyclic amide) rings is 1. The number of oxime groups is 1. The Labute approximate surface area is 203 Å². The largest absolute Gasteiger partial charge is 0.478 e. The van der Waals surface area contributed by atoms with Gasteiger partial charge in [0.2, 0.25) is 11.5 Å². The fraction of sp³-hybridized carbons (Fsp3) is 0.556. The molecule has 192 valence electrons. The lowest BCUT2D eigenvalue weighted by atomic mass is 9.96. The van der Waals surface area contributed by atoms with Crippen molar-refractivity contribution in [1.29, 1.82) is 0 Å². The average Bonchev–Trinajstić information content (AvgIpc) is 3.17. The number of piperidine rings is 1. The predicted molar refractivity (Wildman–Crippen MR) is 120 cm³/mol. The van der Waals surface area contributed by atoms with E-state index in [1.54, 1.807) is 0 Å². The highest BCUT2D eigenvalue weighted by Crippen LogP contribution is 2.26. The highest BCUT2D eigenvalue weighted by atomic mass is 32.2. The minimum absolute atomic E-state index is 0.0664. The lowest BCUT2D eigenvalue weighted by Crippen LogP contribution is -2.75. The SMILES string of the molecule is CC(C)(O/N=C(/C(=O)N[C@@H]1C(=O)N(S(=O)(=O)O)[C@@H]1CN1CCCCC1=O)c1csc(N)n1)C(=O)O. The van der Waals surface area contributed by atoms with E-state index in [9.17, 15) is 37.3 Å². The molecule has 2 fully saturated rings. The van der Waals surface area contributed by atoms with Crippen molar-refractivity contribution in [3.05, 3.63) is 11.1 Å². The molecule has 2 saturated heterocycles. The van der Waals surface area contributed by atoms with Gasteiger partial charge in [-0.25, -0.2) is 14.1 Å². The van der Waals surface area contributed by atoms with E-state index in [-0.39, 0.29) is 34.0 Å². The second-order valence-electron chi connectivity index (χ2n) is 8.34. The van der Waals surface area contributed by atoms with Crippen LogP contribution >= 0.6 is 11.3 Å². The first-order chi connectivity index (χ1) is 16.2. The maximum atomic E-state index is 13.0. The Morgan fingerprint density at radius 2 is 2.06 bits per heavy atom. The second-order valence-corrected chi connectivity index (χ2v) is 10.5. The molecule has 1 aromatic rings. The quantitative estimate of drug-likeness (QED) is 0.128. The summed E-state index contributed by atoms with van der Waals surface area (Å²) in [5, 5.41) is 16.6. The van der Waals surface area contributed by atoms with E-state index in [0.29, 0.717) is 19.4 Å². The third kappa shape index (κ3) is 5.68. The number of carbonyl (C=O) groups excluding carboxylic acids is 3. The smallest absolute Gasteiger partial charge is 0.362 e. The number of likely N-dealkylation sites (tertiary alicyclic amines) is 1. The fourth-order valence-corrected chi connectivity index (χ4v) is 4.85. The first kappa shape index (κ1) is 26.3. The molecule has 3 rings (SSSR count). The van der Waals surface area contributed by atoms with E-state index in [4.69, 9.17) is 10.6 Å². The van der Waals surface area contributed by atoms with Crippen LogP contribution in [0.5, 0.6) is 0 Å². The molecule has 3 heterocycles. The molecule has 0 bridgehead atoms. The zero-order chi connectivity index (χ0) is 26.1. The van der Waals surface area contributed by atoms with Crippen LogP contribution in [0.2, 0.25) is 0 Å². The Kier molecular flexibility index (Phi) is 7.32. The Morgan fingerprint density at radius 1 is 1.37 bits per heavy atom. The number of nitrogens with zero attached hydrogens (tertiary/aromatic N) is 4. The summed E-state index contributed by atoms with van der Waals surface area (Å²) in [6.07, 6.45) is 1.60. The fourth-order valence-electron chi connectivity index (χ4n) is 3.43. The Hall–Kier alpha value is -3.31. The Balaban J connectivity index is 1.87. The molecule has 0 spiro atoms. The number of carboxylic acid groups (broad SMARTS) is 1. The monoisotopic (exact) mass is 532 g/mol. The van der Waals surface area contributed by atoms with E-state index in [2.05, 4.69) is 15.5 Å². The van der Waals surface area contributed by atoms with Crippen molar-refractivity contribution in [3.63, 3.8) is 0 Å². The molecule has 15 nitrogen and oxygen atoms in total. The van der Waals surface area contributed by atoms with Gasteiger partial charge in [-0.05, 0) is 26.7 Å². The van der Waals surface area contributed by atoms with Crippen molar-refractivity contribution in [2.75, 3.05) is 18.8 Å². The summed E-state index contributed by atoms with van der Waals surface area (Å²) in [7, 11) is -4.96. The van der Waals surface area contributed by atoms with Crippen molar-refractivity contribution in [2.24, 2.45) is 5.16 Å². The van der Waals surface area contributed by atoms with Crippen LogP contribution in [0.25, 0.3) is 0 Å². The van der Waals surface area contributed by atoms with Crippen LogP contribution < -0.4 is 11.1 Å². The number of aromatic nitrogens is 1. The van der Waals surface area contributed by atoms with E-state index < -0.39 is 51.5 Å². The van der Waals surface area contributed by atoms with Gasteiger partial charge < -0.3 is 25.9 Å². The van der Waals surface area contributed by atoms with Crippen LogP contribution in [-0.2, 0) is 34.3 Å². The van der Waals surface area contributed by atoms with Crippen LogP contribution in [0.1, 0.15) is 38.8 Å². The minimum atomic E-state index is -4.96. The summed E-state index contributed by atoms with van der Waals surface area (Å²) in [5.41, 5.74) is 3.19. The molecule has 2 aliphatic heterocycles. The average molecular weight is 533 g/mol. The standard InChI is InChI=1S/C18H24N6O9S2/c1-18(2,16(28)29)33-22-12(9-8-34-17(19)20-9)14(26)21-13-10(24(15(13)27)35(30,31)32)7-23-6-4-3-5-11(23)25/h8,10,13H,3-7H2,1-2H3,(H2,19,20)(H,21,26)(H,28,29)(H,30,31,32)/b22-12+/t10-,13+/m1/s1. The molecule has 0 saturated carbocycles. The van der Waals surface area contributed by atoms with Crippen molar-refractivity contribution in [1.82, 2.24) is 19.5 Å². The number of hydrogen-bond donors (Lipinski definition) is 4. The number of carboxylic acids is 1. The Morgan fingerprint density at radius 3 is 2.60 bits per heavy atom. The maximum absolute atomic E-state index is 13.0. The maximum Gasteiger partial charge on any atom is 0.362 e. The summed E-state index contributed by atoms with van der Waals surface area (Å²) in [4.78, 5) is 59.4. The van der Waals surface area contributed by atoms with Crippen LogP contribution in [0, 0.1) is 0 Å². The lowest BCUT2D eigenvalue weighted by molar-refractivity contribution is -0.161. The number of carbonyl (C=O) groups is 4. The van der Waals surface area contributed by atoms with Gasteiger partial charge in [0.25, 0.3) is 11.8 Å². The molecule has 35 heavy (non-hydrogen) atoms. The molecule has 0 unspecified atom stereocenters. The number of anilines is 1. The van der Waals surface area contributed by atoms with E-state index >= 15 is 0 Å². The molecule has 0 radical (unpaired) electrons. The first-order valence-electron chi connectivity index (χ1n) is 10.3. The lowest BCUT2D eigenvalue weighted by Gasteiger charge is -2.46. The normalized spacial score (nSPS) is 21.5. The number of nitrogen functional groups attached to an aromatic ring is 1. The van der Waals surface area contributed by atoms with Crippen LogP contribution in [0.4, 0.5) is 5.13 Å². The molecule has 2 aliphatic rings. The highest BCUT2D eigenvalue weighted by molar-refractivity contribution is 7.84. The molecule has 2 atom stereocenters. The van der Waals surface area contributed by atoms with Gasteiger partial charge in [-0.1, -0.05) is 5.16 Å². The van der Waals surface area contributed by atoms with Crippen molar-refractivity contribution < 1.29 is 42.1 Å². The second kappa shape index (κ2) is 9.74. The molecule has 1 aromatic heterocycles. The highest BCUT2D eigenvalue weighted by Gasteiger charge is 2.55. The zero-order valence-corrected chi connectivity index (χ0v) is 20.3. The van der Waals surface area contributed by atoms with E-state index in [0.717, 1.165) is 11.3 Å². The predicted octanol–water partition coefficient (Wildman–Crippen LogP) is -1.18. The molecular weight excluding hydrogens is 508 g/mol. The number of amides is 3. The summed E-state index contributed by atoms with van der Waals surface area (Å²) >= 11 is 0.959. The number of nitrogens with two attached hydrogens (primary N) is 1. The summed E-state index contributed by atoms with van der Waals surface area (Å²) in [6.45, 7) is 2.46. The number of thiazole rings is 1. The molecule has 3 amide bonds. The molecule has 0 aliphatic carbocycles. The molecule has 17 heteroatoms. The summed E-state index contributed by atoms with van der Waals surface area (Å²) < 4.78 is 33.2. The molecular formula is C18H24N6O9S2. The van der Waals surface area contributed by atoms with Crippen LogP contribution in [0.3, 0.4) is 0 Å². The van der Waals surface area contributed by atoms with Crippen molar-refractivity contribution >= 4 is 56.2 Å². The topological polar surface area (TPSA) is 222 Å². The van der Waals surface area contributed by atoms with Gasteiger partial charge in [0.1, 0.15) is 11.7 Å². The van der Waals surface area contributed by atoms with Gasteiger partial charge in [0.05, 0.1) is 6.04 Å². The summed E-state index contributed by atoms with van der Waals surface area (Å²) in [5.74, 6) is -3.79. The third-order valence-corrected chi connectivity index (χ3v) is 7.01. The van der Waals surface area contributed by atoms with E-state index in [1.165, 1.54) is 24.1 Å².